The normalized spacial score (nSPS) is 15.3. The average Bonchev–Trinajstić information content (AvgIpc) is 2.80. The molecule has 5 heteroatoms. The van der Waals surface area contributed by atoms with Crippen LogP contribution in [0.3, 0.4) is 0 Å². The lowest BCUT2D eigenvalue weighted by atomic mass is 9.85. The number of carbonyl (C=O) groups is 2. The second-order valence-electron chi connectivity index (χ2n) is 9.41. The number of hydrogen-bond acceptors (Lipinski definition) is 4. The van der Waals surface area contributed by atoms with Crippen molar-refractivity contribution in [3.63, 3.8) is 0 Å². The number of allylic oxidation sites excluding steroid dienone is 1. The zero-order valence-corrected chi connectivity index (χ0v) is 20.3. The summed E-state index contributed by atoms with van der Waals surface area (Å²) in [5.74, 6) is 0.410. The first-order valence-electron chi connectivity index (χ1n) is 11.4. The first-order chi connectivity index (χ1) is 16.2. The molecule has 0 spiro atoms. The minimum Gasteiger partial charge on any atom is -0.497 e. The molecule has 0 bridgehead atoms. The first kappa shape index (κ1) is 23.3. The number of fused-ring (bicyclic) bond motifs is 1. The van der Waals surface area contributed by atoms with Crippen LogP contribution in [0.25, 0.3) is 5.70 Å². The number of anilines is 1. The van der Waals surface area contributed by atoms with E-state index in [9.17, 15) is 9.59 Å². The van der Waals surface area contributed by atoms with E-state index < -0.39 is 0 Å². The van der Waals surface area contributed by atoms with Crippen molar-refractivity contribution in [3.05, 3.63) is 100 Å². The van der Waals surface area contributed by atoms with Gasteiger partial charge in [0.25, 0.3) is 5.91 Å². The SMILES string of the molecule is COc1ccc2c(c1)/C(=C/C(=O)c1cccc(NC(=O)c3cccc(C)c3C)c1)NC(C)(C)C2. The molecular formula is C29H30N2O3. The van der Waals surface area contributed by atoms with E-state index in [0.717, 1.165) is 40.1 Å². The van der Waals surface area contributed by atoms with Gasteiger partial charge in [-0.1, -0.05) is 30.3 Å². The van der Waals surface area contributed by atoms with Crippen molar-refractivity contribution in [2.75, 3.05) is 12.4 Å². The summed E-state index contributed by atoms with van der Waals surface area (Å²) in [6.45, 7) is 8.14. The molecule has 0 saturated carbocycles. The monoisotopic (exact) mass is 454 g/mol. The fraction of sp³-hybridized carbons (Fsp3) is 0.241. The van der Waals surface area contributed by atoms with Crippen molar-refractivity contribution in [2.45, 2.75) is 39.7 Å². The number of methoxy groups -OCH3 is 1. The summed E-state index contributed by atoms with van der Waals surface area (Å²) in [7, 11) is 1.63. The Bertz CT molecular complexity index is 1300. The Morgan fingerprint density at radius 3 is 2.56 bits per heavy atom. The third-order valence-electron chi connectivity index (χ3n) is 6.24. The Hall–Kier alpha value is -3.86. The van der Waals surface area contributed by atoms with Crippen molar-refractivity contribution in [3.8, 4) is 5.75 Å². The molecule has 0 fully saturated rings. The Balaban J connectivity index is 1.62. The molecule has 1 amide bonds. The Morgan fingerprint density at radius 2 is 1.79 bits per heavy atom. The van der Waals surface area contributed by atoms with Crippen LogP contribution in [0.2, 0.25) is 0 Å². The zero-order chi connectivity index (χ0) is 24.5. The zero-order valence-electron chi connectivity index (χ0n) is 20.3. The van der Waals surface area contributed by atoms with Crippen molar-refractivity contribution >= 4 is 23.1 Å². The second-order valence-corrected chi connectivity index (χ2v) is 9.41. The smallest absolute Gasteiger partial charge is 0.255 e. The number of aryl methyl sites for hydroxylation is 1. The molecule has 0 radical (unpaired) electrons. The maximum absolute atomic E-state index is 13.2. The number of benzene rings is 3. The summed E-state index contributed by atoms with van der Waals surface area (Å²) >= 11 is 0. The fourth-order valence-corrected chi connectivity index (χ4v) is 4.31. The molecule has 3 aromatic carbocycles. The fourth-order valence-electron chi connectivity index (χ4n) is 4.31. The summed E-state index contributed by atoms with van der Waals surface area (Å²) in [6.07, 6.45) is 2.47. The van der Waals surface area contributed by atoms with E-state index in [2.05, 4.69) is 30.5 Å². The molecule has 1 aliphatic heterocycles. The van der Waals surface area contributed by atoms with Gasteiger partial charge in [-0.3, -0.25) is 9.59 Å². The number of nitrogens with one attached hydrogen (secondary N) is 2. The molecule has 0 saturated heterocycles. The third-order valence-corrected chi connectivity index (χ3v) is 6.24. The minimum absolute atomic E-state index is 0.142. The van der Waals surface area contributed by atoms with Crippen LogP contribution >= 0.6 is 0 Å². The van der Waals surface area contributed by atoms with E-state index >= 15 is 0 Å². The maximum atomic E-state index is 13.2. The first-order valence-corrected chi connectivity index (χ1v) is 11.4. The Kier molecular flexibility index (Phi) is 6.29. The maximum Gasteiger partial charge on any atom is 0.255 e. The number of ketones is 1. The van der Waals surface area contributed by atoms with Crippen LogP contribution in [0.15, 0.2) is 66.7 Å². The number of rotatable bonds is 5. The Morgan fingerprint density at radius 1 is 1.03 bits per heavy atom. The standard InChI is InChI=1S/C29H30N2O3/c1-18-8-6-11-24(19(18)2)28(33)30-22-10-7-9-20(14-22)27(32)16-26-25-15-23(34-5)13-12-21(25)17-29(3,4)31-26/h6-16,31H,17H2,1-5H3,(H,30,33)/b26-16-. The second kappa shape index (κ2) is 9.18. The summed E-state index contributed by atoms with van der Waals surface area (Å²) in [6, 6.07) is 18.6. The summed E-state index contributed by atoms with van der Waals surface area (Å²) in [4.78, 5) is 26.1. The molecular weight excluding hydrogens is 424 g/mol. The van der Waals surface area contributed by atoms with Crippen LogP contribution in [0, 0.1) is 13.8 Å². The van der Waals surface area contributed by atoms with Crippen LogP contribution in [0.5, 0.6) is 5.75 Å². The van der Waals surface area contributed by atoms with Crippen molar-refractivity contribution < 1.29 is 14.3 Å². The quantitative estimate of drug-likeness (QED) is 0.383. The van der Waals surface area contributed by atoms with E-state index in [0.29, 0.717) is 16.8 Å². The summed E-state index contributed by atoms with van der Waals surface area (Å²) < 4.78 is 5.39. The van der Waals surface area contributed by atoms with Gasteiger partial charge in [0, 0.05) is 39.7 Å². The van der Waals surface area contributed by atoms with Crippen molar-refractivity contribution in [1.82, 2.24) is 5.32 Å². The van der Waals surface area contributed by atoms with Crippen LogP contribution in [-0.4, -0.2) is 24.3 Å². The lowest BCUT2D eigenvalue weighted by Crippen LogP contribution is -2.43. The number of hydrogen-bond donors (Lipinski definition) is 2. The van der Waals surface area contributed by atoms with E-state index in [4.69, 9.17) is 4.74 Å². The van der Waals surface area contributed by atoms with Crippen LogP contribution in [0.4, 0.5) is 5.69 Å². The van der Waals surface area contributed by atoms with Gasteiger partial charge in [0.15, 0.2) is 5.78 Å². The summed E-state index contributed by atoms with van der Waals surface area (Å²) in [5, 5.41) is 6.42. The molecule has 5 nitrogen and oxygen atoms in total. The van der Waals surface area contributed by atoms with E-state index in [1.54, 1.807) is 43.5 Å². The highest BCUT2D eigenvalue weighted by Gasteiger charge is 2.28. The predicted octanol–water partition coefficient (Wildman–Crippen LogP) is 5.71. The van der Waals surface area contributed by atoms with Gasteiger partial charge in [0.2, 0.25) is 0 Å². The number of carbonyl (C=O) groups excluding carboxylic acids is 2. The predicted molar refractivity (Wildman–Crippen MR) is 137 cm³/mol. The largest absolute Gasteiger partial charge is 0.497 e. The molecule has 0 atom stereocenters. The van der Waals surface area contributed by atoms with Gasteiger partial charge in [-0.05, 0) is 81.1 Å². The van der Waals surface area contributed by atoms with Crippen molar-refractivity contribution in [2.24, 2.45) is 0 Å². The molecule has 0 aromatic heterocycles. The average molecular weight is 455 g/mol. The van der Waals surface area contributed by atoms with Crippen LogP contribution in [-0.2, 0) is 6.42 Å². The molecule has 2 N–H and O–H groups in total. The molecule has 34 heavy (non-hydrogen) atoms. The van der Waals surface area contributed by atoms with Gasteiger partial charge < -0.3 is 15.4 Å². The lowest BCUT2D eigenvalue weighted by molar-refractivity contribution is 0.102. The van der Waals surface area contributed by atoms with Gasteiger partial charge in [0.1, 0.15) is 5.75 Å². The van der Waals surface area contributed by atoms with E-state index in [1.165, 1.54) is 0 Å². The molecule has 0 aliphatic carbocycles. The number of amides is 1. The van der Waals surface area contributed by atoms with Gasteiger partial charge in [-0.2, -0.15) is 0 Å². The van der Waals surface area contributed by atoms with E-state index in [-0.39, 0.29) is 17.2 Å². The highest BCUT2D eigenvalue weighted by atomic mass is 16.5. The van der Waals surface area contributed by atoms with Crippen LogP contribution < -0.4 is 15.4 Å². The highest BCUT2D eigenvalue weighted by Crippen LogP contribution is 2.32. The van der Waals surface area contributed by atoms with Crippen molar-refractivity contribution in [1.29, 1.82) is 0 Å². The van der Waals surface area contributed by atoms with Crippen LogP contribution in [0.1, 0.15) is 56.8 Å². The number of ether oxygens (including phenoxy) is 1. The lowest BCUT2D eigenvalue weighted by Gasteiger charge is -2.35. The molecule has 174 valence electrons. The molecule has 4 rings (SSSR count). The van der Waals surface area contributed by atoms with Gasteiger partial charge in [0.05, 0.1) is 7.11 Å². The molecule has 0 unspecified atom stereocenters. The van der Waals surface area contributed by atoms with Gasteiger partial charge in [-0.15, -0.1) is 0 Å². The van der Waals surface area contributed by atoms with Gasteiger partial charge in [-0.25, -0.2) is 0 Å². The van der Waals surface area contributed by atoms with Gasteiger partial charge >= 0.3 is 0 Å². The molecule has 1 heterocycles. The Labute approximate surface area is 200 Å². The molecule has 1 aliphatic rings. The highest BCUT2D eigenvalue weighted by molar-refractivity contribution is 6.10. The third kappa shape index (κ3) is 4.88. The summed E-state index contributed by atoms with van der Waals surface area (Å²) in [5.41, 5.74) is 6.41. The topological polar surface area (TPSA) is 67.4 Å². The molecule has 3 aromatic rings. The minimum atomic E-state index is -0.194. The van der Waals surface area contributed by atoms with E-state index in [1.807, 2.05) is 38.1 Å².